The molecule has 7 heteroatoms. The van der Waals surface area contributed by atoms with Gasteiger partial charge in [0, 0.05) is 13.3 Å². The van der Waals surface area contributed by atoms with E-state index in [-0.39, 0.29) is 29.6 Å². The number of unbranched alkanes of at least 4 members (excludes halogenated alkanes) is 3. The van der Waals surface area contributed by atoms with Crippen LogP contribution in [0.25, 0.3) is 0 Å². The highest BCUT2D eigenvalue weighted by atomic mass is 32.2. The first-order valence-electron chi connectivity index (χ1n) is 16.2. The molecule has 0 amide bonds. The molecule has 0 bridgehead atoms. The van der Waals surface area contributed by atoms with Gasteiger partial charge in [0.1, 0.15) is 34.8 Å². The van der Waals surface area contributed by atoms with E-state index in [1.807, 2.05) is 60.7 Å². The topological polar surface area (TPSA) is 75.7 Å². The Morgan fingerprint density at radius 1 is 0.578 bits per heavy atom. The van der Waals surface area contributed by atoms with Crippen LogP contribution in [0.15, 0.2) is 114 Å². The minimum atomic E-state index is -4.62. The van der Waals surface area contributed by atoms with Crippen molar-refractivity contribution in [1.29, 1.82) is 0 Å². The van der Waals surface area contributed by atoms with Gasteiger partial charge in [-0.05, 0) is 54.7 Å². The zero-order chi connectivity index (χ0) is 32.4. The molecule has 0 saturated heterocycles. The SMILES string of the molecule is CCCC[P+](CCCC)(CCCC)c1ccccc1.O=S(=O)([O-])c1cc(OCc2ccccc2)cc(OCc2ccccc2)c1. The lowest BCUT2D eigenvalue weighted by atomic mass is 10.2. The molecular formula is C38H49O5PS. The van der Waals surface area contributed by atoms with Crippen LogP contribution in [0.5, 0.6) is 11.5 Å². The van der Waals surface area contributed by atoms with Crippen molar-refractivity contribution in [2.24, 2.45) is 0 Å². The summed E-state index contributed by atoms with van der Waals surface area (Å²) in [6.45, 7) is 7.50. The molecule has 0 aliphatic rings. The second kappa shape index (κ2) is 19.4. The zero-order valence-corrected chi connectivity index (χ0v) is 28.8. The molecule has 0 aliphatic heterocycles. The van der Waals surface area contributed by atoms with E-state index in [0.29, 0.717) is 0 Å². The van der Waals surface area contributed by atoms with E-state index in [4.69, 9.17) is 9.47 Å². The van der Waals surface area contributed by atoms with Gasteiger partial charge in [0.2, 0.25) is 0 Å². The summed E-state index contributed by atoms with van der Waals surface area (Å²) >= 11 is 0. The van der Waals surface area contributed by atoms with Crippen molar-refractivity contribution < 1.29 is 22.4 Å². The smallest absolute Gasteiger partial charge is 0.124 e. The van der Waals surface area contributed by atoms with Crippen molar-refractivity contribution in [1.82, 2.24) is 0 Å². The van der Waals surface area contributed by atoms with Gasteiger partial charge in [-0.1, -0.05) is 119 Å². The van der Waals surface area contributed by atoms with E-state index >= 15 is 0 Å². The fourth-order valence-corrected chi connectivity index (χ4v) is 10.7. The Labute approximate surface area is 272 Å². The van der Waals surface area contributed by atoms with Crippen molar-refractivity contribution >= 4 is 22.7 Å². The third-order valence-electron chi connectivity index (χ3n) is 7.76. The third-order valence-corrected chi connectivity index (χ3v) is 13.5. The van der Waals surface area contributed by atoms with Crippen molar-refractivity contribution in [3.63, 3.8) is 0 Å². The molecule has 0 saturated carbocycles. The lowest BCUT2D eigenvalue weighted by Crippen LogP contribution is -2.20. The number of ether oxygens (including phenoxy) is 2. The molecule has 0 aliphatic carbocycles. The van der Waals surface area contributed by atoms with Crippen LogP contribution in [0.4, 0.5) is 0 Å². The fourth-order valence-electron chi connectivity index (χ4n) is 5.19. The van der Waals surface area contributed by atoms with Gasteiger partial charge in [-0.25, -0.2) is 8.42 Å². The van der Waals surface area contributed by atoms with Crippen LogP contribution in [-0.4, -0.2) is 31.5 Å². The maximum Gasteiger partial charge on any atom is 0.124 e. The Bertz CT molecular complexity index is 1400. The Morgan fingerprint density at radius 2 is 0.956 bits per heavy atom. The Balaban J connectivity index is 0.000000259. The van der Waals surface area contributed by atoms with Gasteiger partial charge in [-0.15, -0.1) is 0 Å². The molecule has 0 heterocycles. The Hall–Kier alpha value is -3.18. The van der Waals surface area contributed by atoms with Gasteiger partial charge in [-0.2, -0.15) is 0 Å². The van der Waals surface area contributed by atoms with Crippen molar-refractivity contribution in [3.05, 3.63) is 120 Å². The third kappa shape index (κ3) is 12.6. The van der Waals surface area contributed by atoms with Gasteiger partial charge < -0.3 is 14.0 Å². The van der Waals surface area contributed by atoms with Crippen LogP contribution in [0.1, 0.15) is 70.4 Å². The molecule has 4 rings (SSSR count). The van der Waals surface area contributed by atoms with Crippen molar-refractivity contribution in [3.8, 4) is 11.5 Å². The van der Waals surface area contributed by atoms with Gasteiger partial charge in [0.25, 0.3) is 0 Å². The predicted molar refractivity (Wildman–Crippen MR) is 188 cm³/mol. The standard InChI is InChI=1S/C20H18O5S.C18H32P/c21-26(22,23)20-12-18(24-14-16-7-3-1-4-8-16)11-19(13-20)25-15-17-9-5-2-6-10-17;1-4-7-15-19(16-8-5-2,17-9-6-3)18-13-11-10-12-14-18/h1-13H,14-15H2,(H,21,22,23);10-14H,4-9,15-17H2,1-3H3/q;+1/p-1. The zero-order valence-electron chi connectivity index (χ0n) is 27.1. The summed E-state index contributed by atoms with van der Waals surface area (Å²) in [4.78, 5) is -0.383. The molecule has 0 N–H and O–H groups in total. The highest BCUT2D eigenvalue weighted by Gasteiger charge is 2.37. The van der Waals surface area contributed by atoms with Gasteiger partial charge in [-0.3, -0.25) is 0 Å². The molecule has 0 radical (unpaired) electrons. The number of hydrogen-bond donors (Lipinski definition) is 0. The molecule has 5 nitrogen and oxygen atoms in total. The van der Waals surface area contributed by atoms with Crippen LogP contribution < -0.4 is 14.8 Å². The van der Waals surface area contributed by atoms with Gasteiger partial charge >= 0.3 is 0 Å². The number of rotatable bonds is 17. The quantitative estimate of drug-likeness (QED) is 0.0842. The van der Waals surface area contributed by atoms with Crippen LogP contribution in [0, 0.1) is 0 Å². The first-order chi connectivity index (χ1) is 21.8. The molecule has 0 atom stereocenters. The lowest BCUT2D eigenvalue weighted by molar-refractivity contribution is 0.288. The monoisotopic (exact) mass is 648 g/mol. The van der Waals surface area contributed by atoms with E-state index < -0.39 is 17.4 Å². The van der Waals surface area contributed by atoms with Crippen LogP contribution in [0.2, 0.25) is 0 Å². The Kier molecular flexibility index (Phi) is 15.6. The first-order valence-corrected chi connectivity index (χ1v) is 19.9. The average Bonchev–Trinajstić information content (AvgIpc) is 3.07. The molecule has 0 spiro atoms. The normalized spacial score (nSPS) is 11.4. The van der Waals surface area contributed by atoms with Gasteiger partial charge in [0.15, 0.2) is 0 Å². The number of benzene rings is 4. The van der Waals surface area contributed by atoms with Gasteiger partial charge in [0.05, 0.1) is 28.7 Å². The van der Waals surface area contributed by atoms with E-state index in [9.17, 15) is 13.0 Å². The highest BCUT2D eigenvalue weighted by Crippen LogP contribution is 2.59. The van der Waals surface area contributed by atoms with Crippen LogP contribution in [-0.2, 0) is 23.3 Å². The second-order valence-corrected chi connectivity index (χ2v) is 16.9. The molecule has 0 fully saturated rings. The van der Waals surface area contributed by atoms with E-state index in [1.165, 1.54) is 69.1 Å². The Morgan fingerprint density at radius 3 is 1.31 bits per heavy atom. The highest BCUT2D eigenvalue weighted by molar-refractivity contribution is 7.85. The molecule has 0 unspecified atom stereocenters. The maximum atomic E-state index is 11.4. The summed E-state index contributed by atoms with van der Waals surface area (Å²) in [5, 5.41) is 1.70. The fraction of sp³-hybridized carbons (Fsp3) is 0.368. The minimum absolute atomic E-state index is 0.251. The molecule has 242 valence electrons. The molecule has 45 heavy (non-hydrogen) atoms. The van der Waals surface area contributed by atoms with E-state index in [2.05, 4.69) is 51.1 Å². The van der Waals surface area contributed by atoms with E-state index in [0.717, 1.165) is 11.1 Å². The maximum absolute atomic E-state index is 11.4. The second-order valence-electron chi connectivity index (χ2n) is 11.4. The largest absolute Gasteiger partial charge is 0.744 e. The minimum Gasteiger partial charge on any atom is -0.744 e. The van der Waals surface area contributed by atoms with Crippen molar-refractivity contribution in [2.45, 2.75) is 77.4 Å². The summed E-state index contributed by atoms with van der Waals surface area (Å²) in [5.41, 5.74) is 1.85. The molecule has 4 aromatic carbocycles. The summed E-state index contributed by atoms with van der Waals surface area (Å²) in [5.74, 6) is 0.516. The summed E-state index contributed by atoms with van der Waals surface area (Å²) < 4.78 is 45.5. The van der Waals surface area contributed by atoms with Crippen molar-refractivity contribution in [2.75, 3.05) is 18.5 Å². The van der Waals surface area contributed by atoms with Crippen LogP contribution >= 0.6 is 7.26 Å². The van der Waals surface area contributed by atoms with Crippen LogP contribution in [0.3, 0.4) is 0 Å². The summed E-state index contributed by atoms with van der Waals surface area (Å²) in [7, 11) is -5.52. The summed E-state index contributed by atoms with van der Waals surface area (Å²) in [6.07, 6.45) is 12.7. The van der Waals surface area contributed by atoms with E-state index in [1.54, 1.807) is 11.4 Å². The molecular weight excluding hydrogens is 599 g/mol. The average molecular weight is 649 g/mol. The number of hydrogen-bond acceptors (Lipinski definition) is 5. The first kappa shape index (κ1) is 36.3. The molecule has 0 aromatic heterocycles. The lowest BCUT2D eigenvalue weighted by Gasteiger charge is -2.27. The summed E-state index contributed by atoms with van der Waals surface area (Å²) in [6, 6.07) is 34.3. The predicted octanol–water partition coefficient (Wildman–Crippen LogP) is 9.48. The molecule has 4 aromatic rings.